The highest BCUT2D eigenvalue weighted by molar-refractivity contribution is 7.94. The van der Waals surface area contributed by atoms with Gasteiger partial charge in [0.1, 0.15) is 0 Å². The van der Waals surface area contributed by atoms with Gasteiger partial charge in [0.25, 0.3) is 0 Å². The molecule has 0 aliphatic heterocycles. The van der Waals surface area contributed by atoms with Crippen LogP contribution in [0, 0.1) is 0 Å². The zero-order valence-electron chi connectivity index (χ0n) is 26.0. The Bertz CT molecular complexity index is 444. The van der Waals surface area contributed by atoms with Crippen LogP contribution in [0.5, 0.6) is 0 Å². The zero-order valence-corrected chi connectivity index (χ0v) is 26.9. The van der Waals surface area contributed by atoms with Gasteiger partial charge in [0, 0.05) is 0 Å². The summed E-state index contributed by atoms with van der Waals surface area (Å²) in [5.74, 6) is 0. The van der Waals surface area contributed by atoms with Crippen LogP contribution in [0.25, 0.3) is 0 Å². The smallest absolute Gasteiger partial charge is 0.0802 e. The van der Waals surface area contributed by atoms with E-state index in [1.54, 1.807) is 0 Å². The average molecular weight is 547 g/mol. The number of thiol groups is 1. The Labute approximate surface area is 235 Å². The molecule has 226 valence electrons. The Kier molecular flexibility index (Phi) is 29.1. The number of unbranched alkanes of at least 4 members (excludes halogenated alkanes) is 24. The molecule has 0 aromatic heterocycles. The minimum atomic E-state index is -2.96. The lowest BCUT2D eigenvalue weighted by Gasteiger charge is -2.28. The highest BCUT2D eigenvalue weighted by atomic mass is 32.3. The van der Waals surface area contributed by atoms with Crippen molar-refractivity contribution in [2.75, 3.05) is 13.2 Å². The summed E-state index contributed by atoms with van der Waals surface area (Å²) >= 11 is 0. The molecule has 0 N–H and O–H groups in total. The summed E-state index contributed by atoms with van der Waals surface area (Å²) in [5, 5.41) is -0.0588. The lowest BCUT2D eigenvalue weighted by atomic mass is 10.0. The molecule has 0 atom stereocenters. The Balaban J connectivity index is 3.55. The number of hydrogen-bond donors (Lipinski definition) is 1. The molecule has 37 heavy (non-hydrogen) atoms. The summed E-state index contributed by atoms with van der Waals surface area (Å²) in [6, 6.07) is 0. The molecule has 0 unspecified atom stereocenters. The first-order valence-corrected chi connectivity index (χ1v) is 18.6. The van der Waals surface area contributed by atoms with E-state index in [1.165, 1.54) is 154 Å². The molecule has 0 aliphatic rings. The van der Waals surface area contributed by atoms with Gasteiger partial charge in [-0.05, 0) is 26.7 Å². The molecule has 0 bridgehead atoms. The monoisotopic (exact) mass is 547 g/mol. The van der Waals surface area contributed by atoms with E-state index in [4.69, 9.17) is 8.37 Å². The molecule has 0 heterocycles. The summed E-state index contributed by atoms with van der Waals surface area (Å²) in [5.41, 5.74) is 0. The van der Waals surface area contributed by atoms with Gasteiger partial charge in [-0.25, -0.2) is 4.21 Å². The second kappa shape index (κ2) is 29.1. The maximum atomic E-state index is 13.1. The predicted molar refractivity (Wildman–Crippen MR) is 168 cm³/mol. The summed E-state index contributed by atoms with van der Waals surface area (Å²) < 4.78 is 24.8. The third-order valence-electron chi connectivity index (χ3n) is 7.67. The summed E-state index contributed by atoms with van der Waals surface area (Å²) in [4.78, 5) is 0. The normalized spacial score (nSPS) is 12.6. The molecule has 0 radical (unpaired) electrons. The van der Waals surface area contributed by atoms with E-state index >= 15 is 0 Å². The van der Waals surface area contributed by atoms with Crippen molar-refractivity contribution in [3.8, 4) is 0 Å². The lowest BCUT2D eigenvalue weighted by Crippen LogP contribution is -2.30. The quantitative estimate of drug-likeness (QED) is 0.0693. The van der Waals surface area contributed by atoms with E-state index in [2.05, 4.69) is 13.8 Å². The molecule has 0 aromatic rings. The topological polar surface area (TPSA) is 35.5 Å². The van der Waals surface area contributed by atoms with Crippen molar-refractivity contribution in [3.05, 3.63) is 0 Å². The van der Waals surface area contributed by atoms with Crippen molar-refractivity contribution in [2.24, 2.45) is 0 Å². The maximum absolute atomic E-state index is 13.1. The molecule has 0 aromatic carbocycles. The van der Waals surface area contributed by atoms with Crippen molar-refractivity contribution < 1.29 is 12.6 Å². The fourth-order valence-corrected chi connectivity index (χ4v) is 6.40. The third-order valence-corrected chi connectivity index (χ3v) is 10.0. The van der Waals surface area contributed by atoms with Gasteiger partial charge in [-0.2, -0.15) is 0 Å². The summed E-state index contributed by atoms with van der Waals surface area (Å²) in [6.07, 6.45) is 34.7. The van der Waals surface area contributed by atoms with Gasteiger partial charge < -0.3 is 0 Å². The fourth-order valence-electron chi connectivity index (χ4n) is 4.96. The van der Waals surface area contributed by atoms with Crippen LogP contribution in [0.2, 0.25) is 0 Å². The van der Waals surface area contributed by atoms with Gasteiger partial charge in [-0.3, -0.25) is 8.37 Å². The van der Waals surface area contributed by atoms with Crippen molar-refractivity contribution in [2.45, 2.75) is 200 Å². The van der Waals surface area contributed by atoms with Gasteiger partial charge in [0.2, 0.25) is 0 Å². The molecular formula is C33H70O3S. The first kappa shape index (κ1) is 37.1. The minimum Gasteiger partial charge on any atom is -0.294 e. The van der Waals surface area contributed by atoms with Crippen LogP contribution < -0.4 is 0 Å². The Morgan fingerprint density at radius 1 is 0.405 bits per heavy atom. The highest BCUT2D eigenvalue weighted by Gasteiger charge is 2.20. The van der Waals surface area contributed by atoms with E-state index in [0.717, 1.165) is 12.8 Å². The molecular weight excluding hydrogens is 476 g/mol. The van der Waals surface area contributed by atoms with Gasteiger partial charge >= 0.3 is 0 Å². The van der Waals surface area contributed by atoms with Crippen molar-refractivity contribution in [1.82, 2.24) is 0 Å². The second-order valence-electron chi connectivity index (χ2n) is 11.8. The summed E-state index contributed by atoms with van der Waals surface area (Å²) in [6.45, 7) is 9.65. The van der Waals surface area contributed by atoms with Crippen molar-refractivity contribution in [3.63, 3.8) is 0 Å². The molecule has 0 rings (SSSR count). The van der Waals surface area contributed by atoms with Crippen LogP contribution in [-0.4, -0.2) is 22.7 Å². The summed E-state index contributed by atoms with van der Waals surface area (Å²) in [7, 11) is -2.96. The molecule has 0 saturated carbocycles. The van der Waals surface area contributed by atoms with Gasteiger partial charge in [-0.1, -0.05) is 168 Å². The minimum absolute atomic E-state index is 0.0588. The van der Waals surface area contributed by atoms with E-state index in [9.17, 15) is 4.21 Å². The maximum Gasteiger partial charge on any atom is 0.0802 e. The van der Waals surface area contributed by atoms with Gasteiger partial charge in [0.15, 0.2) is 0 Å². The largest absolute Gasteiger partial charge is 0.294 e. The van der Waals surface area contributed by atoms with Crippen LogP contribution >= 0.6 is 0 Å². The molecule has 0 fully saturated rings. The van der Waals surface area contributed by atoms with Crippen molar-refractivity contribution in [1.29, 1.82) is 0 Å². The second-order valence-corrected chi connectivity index (χ2v) is 14.4. The Morgan fingerprint density at radius 3 is 0.838 bits per heavy atom. The van der Waals surface area contributed by atoms with E-state index in [1.807, 2.05) is 13.8 Å². The van der Waals surface area contributed by atoms with Crippen LogP contribution in [0.1, 0.15) is 195 Å². The van der Waals surface area contributed by atoms with Gasteiger partial charge in [-0.15, -0.1) is 0 Å². The fraction of sp³-hybridized carbons (Fsp3) is 1.00. The first-order valence-electron chi connectivity index (χ1n) is 17.0. The number of hydrogen-bond acceptors (Lipinski definition) is 3. The van der Waals surface area contributed by atoms with Crippen LogP contribution in [-0.2, 0) is 18.9 Å². The molecule has 3 nitrogen and oxygen atoms in total. The average Bonchev–Trinajstić information content (AvgIpc) is 2.89. The molecule has 0 aliphatic carbocycles. The van der Waals surface area contributed by atoms with Crippen LogP contribution in [0.15, 0.2) is 0 Å². The molecule has 4 heteroatoms. The standard InChI is InChI=1S/C33H70O3S/c1-5-7-9-11-13-15-17-19-21-23-25-27-29-31-35-37(34,33(3)4)36-32-30-28-26-24-22-20-18-16-14-12-10-8-6-2/h33,37H,5-32H2,1-4H3. The molecule has 0 spiro atoms. The van der Waals surface area contributed by atoms with E-state index < -0.39 is 10.5 Å². The zero-order chi connectivity index (χ0) is 27.3. The first-order chi connectivity index (χ1) is 18.1. The Morgan fingerprint density at radius 2 is 0.622 bits per heavy atom. The molecule has 0 amide bonds. The SMILES string of the molecule is CCCCCCCCCCCCCCCO[SH](=O)(OCCCCCCCCCCCCCCC)C(C)C. The van der Waals surface area contributed by atoms with Crippen LogP contribution in [0.4, 0.5) is 0 Å². The van der Waals surface area contributed by atoms with Gasteiger partial charge in [0.05, 0.1) is 29.0 Å². The van der Waals surface area contributed by atoms with E-state index in [0.29, 0.717) is 13.2 Å². The molecule has 0 saturated heterocycles. The van der Waals surface area contributed by atoms with E-state index in [-0.39, 0.29) is 5.25 Å². The predicted octanol–water partition coefficient (Wildman–Crippen LogP) is 11.5. The number of rotatable bonds is 31. The van der Waals surface area contributed by atoms with Crippen molar-refractivity contribution >= 4 is 10.5 Å². The van der Waals surface area contributed by atoms with Crippen LogP contribution in [0.3, 0.4) is 0 Å². The lowest BCUT2D eigenvalue weighted by molar-refractivity contribution is 0.218. The Hall–Kier alpha value is 0.0700. The highest BCUT2D eigenvalue weighted by Crippen LogP contribution is 2.19. The third kappa shape index (κ3) is 26.1.